The number of rotatable bonds is 3. The number of methoxy groups -OCH3 is 1. The number of hydrogen-bond donors (Lipinski definition) is 1. The lowest BCUT2D eigenvalue weighted by atomic mass is 10.2. The molecule has 10 heteroatoms. The van der Waals surface area contributed by atoms with Gasteiger partial charge in [0.05, 0.1) is 30.4 Å². The van der Waals surface area contributed by atoms with E-state index in [1.807, 2.05) is 4.90 Å². The van der Waals surface area contributed by atoms with Crippen LogP contribution in [0.1, 0.15) is 0 Å². The van der Waals surface area contributed by atoms with Gasteiger partial charge in [0.1, 0.15) is 16.7 Å². The predicted molar refractivity (Wildman–Crippen MR) is 104 cm³/mol. The van der Waals surface area contributed by atoms with Crippen molar-refractivity contribution in [1.82, 2.24) is 24.8 Å². The van der Waals surface area contributed by atoms with Crippen molar-refractivity contribution in [2.24, 2.45) is 0 Å². The molecule has 1 amide bonds. The lowest BCUT2D eigenvalue weighted by Crippen LogP contribution is -2.48. The van der Waals surface area contributed by atoms with E-state index in [1.165, 1.54) is 4.90 Å². The maximum absolute atomic E-state index is 11.2. The van der Waals surface area contributed by atoms with Crippen molar-refractivity contribution in [3.8, 4) is 17.1 Å². The number of fused-ring (bicyclic) bond motifs is 1. The van der Waals surface area contributed by atoms with Gasteiger partial charge >= 0.3 is 6.09 Å². The van der Waals surface area contributed by atoms with Gasteiger partial charge in [0.25, 0.3) is 0 Å². The van der Waals surface area contributed by atoms with Crippen LogP contribution in [0.15, 0.2) is 30.7 Å². The molecule has 4 rings (SSSR count). The lowest BCUT2D eigenvalue weighted by molar-refractivity contribution is 0.142. The normalized spacial score (nSPS) is 14.4. The molecule has 1 fully saturated rings. The molecule has 3 aromatic rings. The number of piperazine rings is 1. The number of pyridine rings is 2. The van der Waals surface area contributed by atoms with E-state index >= 15 is 0 Å². The van der Waals surface area contributed by atoms with E-state index < -0.39 is 6.09 Å². The van der Waals surface area contributed by atoms with Gasteiger partial charge in [0, 0.05) is 37.9 Å². The van der Waals surface area contributed by atoms with Crippen molar-refractivity contribution in [2.45, 2.75) is 0 Å². The molecule has 0 aromatic carbocycles. The highest BCUT2D eigenvalue weighted by atomic mass is 35.5. The van der Waals surface area contributed by atoms with Gasteiger partial charge in [0.2, 0.25) is 0 Å². The zero-order valence-electron chi connectivity index (χ0n) is 15.0. The van der Waals surface area contributed by atoms with Crippen LogP contribution in [0.25, 0.3) is 22.3 Å². The second kappa shape index (κ2) is 7.43. The first-order valence-corrected chi connectivity index (χ1v) is 8.99. The standard InChI is InChI=1S/C18H17ClN6O3/c1-28-13-10-20-9-12-15(13)17(24-4-6-25(7-5-24)18(26)27)23-16(22-12)11-2-3-21-14(19)8-11/h2-3,8-10H,4-7H2,1H3,(H,26,27). The highest BCUT2D eigenvalue weighted by Gasteiger charge is 2.25. The predicted octanol–water partition coefficient (Wildman–Crippen LogP) is 2.55. The average molecular weight is 401 g/mol. The summed E-state index contributed by atoms with van der Waals surface area (Å²) in [6, 6.07) is 3.48. The number of aromatic nitrogens is 4. The Kier molecular flexibility index (Phi) is 4.82. The monoisotopic (exact) mass is 400 g/mol. The first-order chi connectivity index (χ1) is 13.6. The summed E-state index contributed by atoms with van der Waals surface area (Å²) in [5, 5.41) is 10.3. The zero-order valence-corrected chi connectivity index (χ0v) is 15.8. The van der Waals surface area contributed by atoms with Crippen molar-refractivity contribution in [3.05, 3.63) is 35.9 Å². The number of hydrogen-bond acceptors (Lipinski definition) is 7. The first kappa shape index (κ1) is 18.2. The van der Waals surface area contributed by atoms with E-state index in [0.717, 1.165) is 10.9 Å². The average Bonchev–Trinajstić information content (AvgIpc) is 2.72. The van der Waals surface area contributed by atoms with Crippen LogP contribution in [-0.2, 0) is 0 Å². The molecule has 0 aliphatic carbocycles. The highest BCUT2D eigenvalue weighted by Crippen LogP contribution is 2.34. The summed E-state index contributed by atoms with van der Waals surface area (Å²) in [6.07, 6.45) is 3.95. The molecule has 3 aromatic heterocycles. The molecule has 9 nitrogen and oxygen atoms in total. The fraction of sp³-hybridized carbons (Fsp3) is 0.278. The molecule has 0 saturated carbocycles. The third-order valence-electron chi connectivity index (χ3n) is 4.61. The fourth-order valence-electron chi connectivity index (χ4n) is 3.20. The summed E-state index contributed by atoms with van der Waals surface area (Å²) in [5.74, 6) is 1.73. The fourth-order valence-corrected chi connectivity index (χ4v) is 3.37. The SMILES string of the molecule is COc1cncc2nc(-c3ccnc(Cl)c3)nc(N3CCN(C(=O)O)CC3)c12. The lowest BCUT2D eigenvalue weighted by Gasteiger charge is -2.34. The van der Waals surface area contributed by atoms with Gasteiger partial charge in [-0.2, -0.15) is 0 Å². The number of carbonyl (C=O) groups is 1. The Hall–Kier alpha value is -3.20. The Morgan fingerprint density at radius 1 is 1.21 bits per heavy atom. The Morgan fingerprint density at radius 2 is 2.00 bits per heavy atom. The summed E-state index contributed by atoms with van der Waals surface area (Å²) < 4.78 is 5.48. The number of amides is 1. The quantitative estimate of drug-likeness (QED) is 0.669. The molecule has 4 heterocycles. The summed E-state index contributed by atoms with van der Waals surface area (Å²) in [4.78, 5) is 32.2. The molecule has 0 bridgehead atoms. The molecule has 0 unspecified atom stereocenters. The maximum atomic E-state index is 11.2. The number of carboxylic acid groups (broad SMARTS) is 1. The Balaban J connectivity index is 1.84. The third-order valence-corrected chi connectivity index (χ3v) is 4.81. The van der Waals surface area contributed by atoms with Crippen LogP contribution in [0.3, 0.4) is 0 Å². The highest BCUT2D eigenvalue weighted by molar-refractivity contribution is 6.29. The van der Waals surface area contributed by atoms with E-state index in [0.29, 0.717) is 54.2 Å². The largest absolute Gasteiger partial charge is 0.494 e. The second-order valence-electron chi connectivity index (χ2n) is 6.23. The maximum Gasteiger partial charge on any atom is 0.407 e. The van der Waals surface area contributed by atoms with Crippen molar-refractivity contribution in [3.63, 3.8) is 0 Å². The van der Waals surface area contributed by atoms with Crippen LogP contribution in [-0.4, -0.2) is 69.3 Å². The number of halogens is 1. The van der Waals surface area contributed by atoms with Crippen molar-refractivity contribution < 1.29 is 14.6 Å². The molecule has 28 heavy (non-hydrogen) atoms. The van der Waals surface area contributed by atoms with E-state index in [2.05, 4.69) is 15.0 Å². The molecular weight excluding hydrogens is 384 g/mol. The molecule has 1 aliphatic heterocycles. The van der Waals surface area contributed by atoms with Gasteiger partial charge in [0.15, 0.2) is 5.82 Å². The van der Waals surface area contributed by atoms with Crippen molar-refractivity contribution in [2.75, 3.05) is 38.2 Å². The van der Waals surface area contributed by atoms with Gasteiger partial charge in [-0.1, -0.05) is 11.6 Å². The second-order valence-corrected chi connectivity index (χ2v) is 6.62. The van der Waals surface area contributed by atoms with Crippen LogP contribution >= 0.6 is 11.6 Å². The van der Waals surface area contributed by atoms with Gasteiger partial charge in [-0.25, -0.2) is 19.7 Å². The molecule has 1 saturated heterocycles. The van der Waals surface area contributed by atoms with Gasteiger partial charge in [-0.15, -0.1) is 0 Å². The molecule has 1 aliphatic rings. The molecule has 0 spiro atoms. The minimum atomic E-state index is -0.916. The first-order valence-electron chi connectivity index (χ1n) is 8.61. The third kappa shape index (κ3) is 3.36. The van der Waals surface area contributed by atoms with E-state index in [4.69, 9.17) is 21.3 Å². The van der Waals surface area contributed by atoms with E-state index in [-0.39, 0.29) is 0 Å². The van der Waals surface area contributed by atoms with E-state index in [9.17, 15) is 9.90 Å². The summed E-state index contributed by atoms with van der Waals surface area (Å²) in [7, 11) is 1.57. The zero-order chi connectivity index (χ0) is 19.7. The molecule has 1 N–H and O–H groups in total. The molecule has 0 radical (unpaired) electrons. The van der Waals surface area contributed by atoms with Crippen LogP contribution < -0.4 is 9.64 Å². The summed E-state index contributed by atoms with van der Waals surface area (Å²) in [5.41, 5.74) is 1.36. The minimum Gasteiger partial charge on any atom is -0.494 e. The Morgan fingerprint density at radius 3 is 2.68 bits per heavy atom. The minimum absolute atomic E-state index is 0.349. The molecule has 144 valence electrons. The number of anilines is 1. The molecule has 0 atom stereocenters. The van der Waals surface area contributed by atoms with Crippen LogP contribution in [0.2, 0.25) is 5.15 Å². The summed E-state index contributed by atoms with van der Waals surface area (Å²) >= 11 is 6.02. The van der Waals surface area contributed by atoms with Gasteiger partial charge in [-0.05, 0) is 12.1 Å². The van der Waals surface area contributed by atoms with Crippen LogP contribution in [0, 0.1) is 0 Å². The summed E-state index contributed by atoms with van der Waals surface area (Å²) in [6.45, 7) is 1.82. The smallest absolute Gasteiger partial charge is 0.407 e. The van der Waals surface area contributed by atoms with Crippen LogP contribution in [0.5, 0.6) is 5.75 Å². The van der Waals surface area contributed by atoms with Crippen molar-refractivity contribution >= 4 is 34.4 Å². The van der Waals surface area contributed by atoms with E-state index in [1.54, 1.807) is 37.8 Å². The number of ether oxygens (including phenoxy) is 1. The van der Waals surface area contributed by atoms with Crippen LogP contribution in [0.4, 0.5) is 10.6 Å². The Bertz CT molecular complexity index is 1040. The van der Waals surface area contributed by atoms with Gasteiger partial charge in [-0.3, -0.25) is 4.98 Å². The van der Waals surface area contributed by atoms with Crippen molar-refractivity contribution in [1.29, 1.82) is 0 Å². The topological polar surface area (TPSA) is 105 Å². The number of nitrogens with zero attached hydrogens (tertiary/aromatic N) is 6. The van der Waals surface area contributed by atoms with Gasteiger partial charge < -0.3 is 19.6 Å². The molecular formula is C18H17ClN6O3. The Labute approximate surface area is 165 Å².